The molecule has 8 heteroatoms. The maximum atomic E-state index is 13.0. The van der Waals surface area contributed by atoms with Gasteiger partial charge in [0.2, 0.25) is 0 Å². The lowest BCUT2D eigenvalue weighted by Crippen LogP contribution is -2.13. The molecule has 3 aromatic rings. The first kappa shape index (κ1) is 20.3. The van der Waals surface area contributed by atoms with Crippen LogP contribution in [0, 0.1) is 11.2 Å². The van der Waals surface area contributed by atoms with Crippen LogP contribution in [-0.2, 0) is 16.4 Å². The molecule has 0 heterocycles. The molecule has 0 bridgehead atoms. The van der Waals surface area contributed by atoms with E-state index in [-0.39, 0.29) is 10.7 Å². The van der Waals surface area contributed by atoms with Crippen LogP contribution >= 0.6 is 0 Å². The van der Waals surface area contributed by atoms with Crippen molar-refractivity contribution in [3.8, 4) is 5.75 Å². The largest absolute Gasteiger partial charge is 0.493 e. The van der Waals surface area contributed by atoms with Gasteiger partial charge < -0.3 is 10.5 Å². The van der Waals surface area contributed by atoms with Crippen molar-refractivity contribution >= 4 is 21.5 Å². The second-order valence-electron chi connectivity index (χ2n) is 6.30. The Hall–Kier alpha value is -3.39. The van der Waals surface area contributed by atoms with Gasteiger partial charge in [-0.2, -0.15) is 0 Å². The molecular weight excluding hydrogens is 393 g/mol. The smallest absolute Gasteiger partial charge is 0.261 e. The standard InChI is InChI=1S/C21H20FN3O3S/c22-17-8-10-20(11-9-17)29(26,27)25-18-2-1-3-19(14-18)28-13-12-15-4-6-16(7-5-15)21(23)24/h1-11,14,25H,12-13H2,(H3,23,24). The SMILES string of the molecule is N=C(N)c1ccc(CCOc2cccc(NS(=O)(=O)c3ccc(F)cc3)c2)cc1. The molecule has 150 valence electrons. The summed E-state index contributed by atoms with van der Waals surface area (Å²) in [5.41, 5.74) is 7.47. The predicted octanol–water partition coefficient (Wildman–Crippen LogP) is 3.53. The summed E-state index contributed by atoms with van der Waals surface area (Å²) in [7, 11) is -3.82. The van der Waals surface area contributed by atoms with Gasteiger partial charge >= 0.3 is 0 Å². The quantitative estimate of drug-likeness (QED) is 0.388. The number of hydrogen-bond acceptors (Lipinski definition) is 4. The molecule has 0 spiro atoms. The number of nitrogens with two attached hydrogens (primary N) is 1. The number of ether oxygens (including phenoxy) is 1. The van der Waals surface area contributed by atoms with Crippen LogP contribution in [0.15, 0.2) is 77.7 Å². The highest BCUT2D eigenvalue weighted by Crippen LogP contribution is 2.21. The van der Waals surface area contributed by atoms with E-state index in [2.05, 4.69) is 4.72 Å². The zero-order chi connectivity index (χ0) is 20.9. The lowest BCUT2D eigenvalue weighted by Gasteiger charge is -2.11. The molecule has 0 fully saturated rings. The van der Waals surface area contributed by atoms with Crippen LogP contribution < -0.4 is 15.2 Å². The van der Waals surface area contributed by atoms with Gasteiger partial charge in [-0.1, -0.05) is 30.3 Å². The molecule has 0 saturated carbocycles. The zero-order valence-corrected chi connectivity index (χ0v) is 16.2. The van der Waals surface area contributed by atoms with Crippen molar-refractivity contribution in [1.29, 1.82) is 5.41 Å². The summed E-state index contributed by atoms with van der Waals surface area (Å²) >= 11 is 0. The molecule has 3 aromatic carbocycles. The second-order valence-corrected chi connectivity index (χ2v) is 7.98. The topological polar surface area (TPSA) is 105 Å². The Labute approximate surface area is 168 Å². The van der Waals surface area contributed by atoms with Crippen molar-refractivity contribution < 1.29 is 17.5 Å². The van der Waals surface area contributed by atoms with Gasteiger partial charge in [0.1, 0.15) is 17.4 Å². The average molecular weight is 413 g/mol. The highest BCUT2D eigenvalue weighted by molar-refractivity contribution is 7.92. The van der Waals surface area contributed by atoms with E-state index in [0.717, 1.165) is 17.7 Å². The van der Waals surface area contributed by atoms with Crippen molar-refractivity contribution in [1.82, 2.24) is 0 Å². The fourth-order valence-corrected chi connectivity index (χ4v) is 3.66. The predicted molar refractivity (Wildman–Crippen MR) is 110 cm³/mol. The number of nitrogens with one attached hydrogen (secondary N) is 2. The van der Waals surface area contributed by atoms with E-state index >= 15 is 0 Å². The Balaban J connectivity index is 1.60. The molecule has 0 radical (unpaired) electrons. The average Bonchev–Trinajstić information content (AvgIpc) is 2.69. The lowest BCUT2D eigenvalue weighted by atomic mass is 10.1. The third-order valence-corrected chi connectivity index (χ3v) is 5.53. The molecule has 0 atom stereocenters. The van der Waals surface area contributed by atoms with Gasteiger partial charge in [-0.3, -0.25) is 10.1 Å². The van der Waals surface area contributed by atoms with Gasteiger partial charge in [0.05, 0.1) is 17.2 Å². The van der Waals surface area contributed by atoms with Gasteiger partial charge in [0.15, 0.2) is 0 Å². The van der Waals surface area contributed by atoms with Crippen LogP contribution in [0.25, 0.3) is 0 Å². The first-order valence-corrected chi connectivity index (χ1v) is 10.3. The number of sulfonamides is 1. The van der Waals surface area contributed by atoms with Gasteiger partial charge in [-0.15, -0.1) is 0 Å². The number of rotatable bonds is 8. The van der Waals surface area contributed by atoms with E-state index in [4.69, 9.17) is 15.9 Å². The van der Waals surface area contributed by atoms with Gasteiger partial charge in [-0.05, 0) is 42.0 Å². The normalized spacial score (nSPS) is 11.1. The van der Waals surface area contributed by atoms with Crippen molar-refractivity contribution in [3.05, 3.63) is 89.7 Å². The van der Waals surface area contributed by atoms with E-state index < -0.39 is 15.8 Å². The summed E-state index contributed by atoms with van der Waals surface area (Å²) < 4.78 is 46.0. The fraction of sp³-hybridized carbons (Fsp3) is 0.0952. The molecule has 29 heavy (non-hydrogen) atoms. The van der Waals surface area contributed by atoms with Gasteiger partial charge in [-0.25, -0.2) is 12.8 Å². The monoisotopic (exact) mass is 413 g/mol. The molecule has 0 aliphatic heterocycles. The van der Waals surface area contributed by atoms with Gasteiger partial charge in [0.25, 0.3) is 10.0 Å². The Bertz CT molecular complexity index is 1100. The molecule has 0 aliphatic rings. The fourth-order valence-electron chi connectivity index (χ4n) is 2.61. The minimum Gasteiger partial charge on any atom is -0.493 e. The van der Waals surface area contributed by atoms with Gasteiger partial charge in [0, 0.05) is 18.1 Å². The third kappa shape index (κ3) is 5.55. The number of hydrogen-bond donors (Lipinski definition) is 3. The highest BCUT2D eigenvalue weighted by atomic mass is 32.2. The molecule has 0 unspecified atom stereocenters. The number of anilines is 1. The molecule has 0 amide bonds. The Kier molecular flexibility index (Phi) is 6.13. The van der Waals surface area contributed by atoms with Crippen LogP contribution in [0.4, 0.5) is 10.1 Å². The van der Waals surface area contributed by atoms with Crippen LogP contribution in [0.5, 0.6) is 5.75 Å². The lowest BCUT2D eigenvalue weighted by molar-refractivity contribution is 0.322. The maximum Gasteiger partial charge on any atom is 0.261 e. The molecular formula is C21H20FN3O3S. The molecule has 6 nitrogen and oxygen atoms in total. The summed E-state index contributed by atoms with van der Waals surface area (Å²) in [4.78, 5) is -0.0285. The number of amidine groups is 1. The molecule has 0 saturated heterocycles. The maximum absolute atomic E-state index is 13.0. The van der Waals surface area contributed by atoms with Crippen molar-refractivity contribution in [2.45, 2.75) is 11.3 Å². The van der Waals surface area contributed by atoms with E-state index in [0.29, 0.717) is 30.0 Å². The molecule has 3 rings (SSSR count). The summed E-state index contributed by atoms with van der Waals surface area (Å²) in [6.07, 6.45) is 0.643. The van der Waals surface area contributed by atoms with E-state index in [1.54, 1.807) is 36.4 Å². The molecule has 4 N–H and O–H groups in total. The van der Waals surface area contributed by atoms with E-state index in [9.17, 15) is 12.8 Å². The highest BCUT2D eigenvalue weighted by Gasteiger charge is 2.14. The van der Waals surface area contributed by atoms with Crippen LogP contribution in [0.2, 0.25) is 0 Å². The van der Waals surface area contributed by atoms with Crippen molar-refractivity contribution in [3.63, 3.8) is 0 Å². The third-order valence-electron chi connectivity index (χ3n) is 4.13. The number of nitrogen functional groups attached to an aromatic ring is 1. The number of halogens is 1. The van der Waals surface area contributed by atoms with E-state index in [1.165, 1.54) is 12.1 Å². The number of benzene rings is 3. The van der Waals surface area contributed by atoms with Crippen LogP contribution in [0.3, 0.4) is 0 Å². The first-order valence-electron chi connectivity index (χ1n) is 8.78. The first-order chi connectivity index (χ1) is 13.8. The summed E-state index contributed by atoms with van der Waals surface area (Å²) in [5.74, 6) is 0.0349. The van der Waals surface area contributed by atoms with Crippen molar-refractivity contribution in [2.24, 2.45) is 5.73 Å². The molecule has 0 aliphatic carbocycles. The Morgan fingerprint density at radius 2 is 1.72 bits per heavy atom. The van der Waals surface area contributed by atoms with E-state index in [1.807, 2.05) is 12.1 Å². The molecule has 0 aromatic heterocycles. The minimum atomic E-state index is -3.82. The minimum absolute atomic E-state index is 0.0210. The van der Waals surface area contributed by atoms with Crippen LogP contribution in [-0.4, -0.2) is 20.9 Å². The second kappa shape index (κ2) is 8.74. The van der Waals surface area contributed by atoms with Crippen molar-refractivity contribution in [2.75, 3.05) is 11.3 Å². The summed E-state index contributed by atoms with van der Waals surface area (Å²) in [6.45, 7) is 0.396. The zero-order valence-electron chi connectivity index (χ0n) is 15.4. The Morgan fingerprint density at radius 1 is 1.03 bits per heavy atom. The summed E-state index contributed by atoms with van der Waals surface area (Å²) in [6, 6.07) is 18.5. The Morgan fingerprint density at radius 3 is 2.38 bits per heavy atom. The summed E-state index contributed by atoms with van der Waals surface area (Å²) in [5, 5.41) is 7.39. The van der Waals surface area contributed by atoms with Crippen LogP contribution in [0.1, 0.15) is 11.1 Å².